The van der Waals surface area contributed by atoms with Crippen molar-refractivity contribution in [1.82, 2.24) is 0 Å². The molecule has 3 aliphatic rings. The summed E-state index contributed by atoms with van der Waals surface area (Å²) in [4.78, 5) is 1.84. The van der Waals surface area contributed by atoms with Crippen molar-refractivity contribution in [2.75, 3.05) is 17.3 Å². The molecule has 0 unspecified atom stereocenters. The normalized spacial score (nSPS) is 38.8. The van der Waals surface area contributed by atoms with E-state index >= 15 is 0 Å². The maximum Gasteiger partial charge on any atom is 0.0157 e. The molecular weight excluding hydrogens is 196 g/mol. The Morgan fingerprint density at radius 1 is 1.08 bits per heavy atom. The summed E-state index contributed by atoms with van der Waals surface area (Å²) in [6.07, 6.45) is 5.94. The van der Waals surface area contributed by atoms with Gasteiger partial charge in [-0.05, 0) is 59.5 Å². The molecule has 2 heteroatoms. The van der Waals surface area contributed by atoms with Crippen LogP contribution in [0.3, 0.4) is 0 Å². The van der Waals surface area contributed by atoms with Crippen LogP contribution in [-0.2, 0) is 0 Å². The van der Waals surface area contributed by atoms with Crippen LogP contribution in [0, 0.1) is 11.8 Å². The molecule has 0 radical (unpaired) electrons. The number of hydrogen-bond acceptors (Lipinski definition) is 2. The molecule has 72 valence electrons. The lowest BCUT2D eigenvalue weighted by molar-refractivity contribution is 0.659. The molecule has 1 fully saturated rings. The van der Waals surface area contributed by atoms with Crippen LogP contribution >= 0.6 is 23.5 Å². The fourth-order valence-electron chi connectivity index (χ4n) is 2.92. The zero-order chi connectivity index (χ0) is 8.67. The molecule has 2 atom stereocenters. The lowest BCUT2D eigenvalue weighted by Gasteiger charge is -2.21. The van der Waals surface area contributed by atoms with Crippen LogP contribution in [0.1, 0.15) is 25.7 Å². The van der Waals surface area contributed by atoms with E-state index in [0.717, 1.165) is 11.8 Å². The number of hydrogen-bond donors (Lipinski definition) is 0. The van der Waals surface area contributed by atoms with Crippen molar-refractivity contribution >= 4 is 23.5 Å². The summed E-state index contributed by atoms with van der Waals surface area (Å²) < 4.78 is 0. The Kier molecular flexibility index (Phi) is 2.38. The summed E-state index contributed by atoms with van der Waals surface area (Å²) in [5.41, 5.74) is 1.87. The van der Waals surface area contributed by atoms with E-state index in [4.69, 9.17) is 0 Å². The maximum absolute atomic E-state index is 2.20. The predicted molar refractivity (Wildman–Crippen MR) is 62.3 cm³/mol. The molecule has 0 aromatic heterocycles. The van der Waals surface area contributed by atoms with Gasteiger partial charge in [-0.1, -0.05) is 0 Å². The summed E-state index contributed by atoms with van der Waals surface area (Å²) in [7, 11) is 0. The molecule has 0 spiro atoms. The Hall–Kier alpha value is 0.440. The Morgan fingerprint density at radius 2 is 2.00 bits per heavy atom. The summed E-state index contributed by atoms with van der Waals surface area (Å²) in [6, 6.07) is 0. The second-order valence-electron chi connectivity index (χ2n) is 4.35. The second-order valence-corrected chi connectivity index (χ2v) is 6.59. The molecule has 2 aliphatic carbocycles. The Bertz CT molecular complexity index is 220. The highest BCUT2D eigenvalue weighted by molar-refractivity contribution is 8.03. The van der Waals surface area contributed by atoms with Crippen LogP contribution in [0.4, 0.5) is 0 Å². The van der Waals surface area contributed by atoms with Gasteiger partial charge < -0.3 is 0 Å². The van der Waals surface area contributed by atoms with E-state index in [1.54, 1.807) is 0 Å². The molecule has 1 aliphatic heterocycles. The number of thioether (sulfide) groups is 2. The van der Waals surface area contributed by atoms with Gasteiger partial charge in [0.1, 0.15) is 0 Å². The molecule has 2 bridgehead atoms. The first-order valence-electron chi connectivity index (χ1n) is 5.38. The zero-order valence-corrected chi connectivity index (χ0v) is 9.55. The lowest BCUT2D eigenvalue weighted by Crippen LogP contribution is -2.06. The highest BCUT2D eigenvalue weighted by Crippen LogP contribution is 2.53. The minimum Gasteiger partial charge on any atom is -0.157 e. The third-order valence-corrected chi connectivity index (χ3v) is 6.05. The van der Waals surface area contributed by atoms with E-state index in [1.165, 1.54) is 42.9 Å². The molecule has 1 heterocycles. The van der Waals surface area contributed by atoms with Crippen LogP contribution in [-0.4, -0.2) is 17.3 Å². The van der Waals surface area contributed by atoms with E-state index in [1.807, 2.05) is 10.5 Å². The van der Waals surface area contributed by atoms with E-state index in [9.17, 15) is 0 Å². The molecular formula is C11H16S2. The predicted octanol–water partition coefficient (Wildman–Crippen LogP) is 3.54. The summed E-state index contributed by atoms with van der Waals surface area (Å²) in [5, 5.41) is 0. The Morgan fingerprint density at radius 3 is 3.00 bits per heavy atom. The van der Waals surface area contributed by atoms with Gasteiger partial charge in [-0.15, -0.1) is 11.8 Å². The lowest BCUT2D eigenvalue weighted by atomic mass is 10.00. The molecule has 13 heavy (non-hydrogen) atoms. The molecule has 0 aromatic rings. The number of rotatable bonds is 0. The molecule has 0 N–H and O–H groups in total. The van der Waals surface area contributed by atoms with E-state index in [2.05, 4.69) is 23.5 Å². The van der Waals surface area contributed by atoms with E-state index in [0.29, 0.717) is 0 Å². The van der Waals surface area contributed by atoms with Gasteiger partial charge >= 0.3 is 0 Å². The van der Waals surface area contributed by atoms with Crippen LogP contribution in [0.25, 0.3) is 0 Å². The fraction of sp³-hybridized carbons (Fsp3) is 0.818. The molecule has 1 saturated carbocycles. The van der Waals surface area contributed by atoms with E-state index < -0.39 is 0 Å². The highest BCUT2D eigenvalue weighted by Gasteiger charge is 2.38. The molecule has 0 amide bonds. The van der Waals surface area contributed by atoms with Crippen LogP contribution in [0.2, 0.25) is 0 Å². The molecule has 0 aromatic carbocycles. The van der Waals surface area contributed by atoms with Crippen molar-refractivity contribution in [3.05, 3.63) is 10.5 Å². The average Bonchev–Trinajstić information content (AvgIpc) is 2.62. The SMILES string of the molecule is C1CSCC2=C(SC1)[C@H]1CC[C@@H]2C1. The van der Waals surface area contributed by atoms with Crippen LogP contribution in [0.15, 0.2) is 10.5 Å². The summed E-state index contributed by atoms with van der Waals surface area (Å²) in [6.45, 7) is 0. The van der Waals surface area contributed by atoms with Gasteiger partial charge in [0.05, 0.1) is 0 Å². The first kappa shape index (κ1) is 8.72. The van der Waals surface area contributed by atoms with Gasteiger partial charge in [-0.25, -0.2) is 0 Å². The number of fused-ring (bicyclic) bond motifs is 4. The molecule has 3 rings (SSSR count). The standard InChI is InChI=1S/C11H16S2/c1-4-12-7-10-8-2-3-9(6-8)11(10)13-5-1/h8-9H,1-7H2/t8-,9+/m1/s1. The topological polar surface area (TPSA) is 0 Å². The van der Waals surface area contributed by atoms with Crippen molar-refractivity contribution in [3.8, 4) is 0 Å². The zero-order valence-electron chi connectivity index (χ0n) is 7.92. The summed E-state index contributed by atoms with van der Waals surface area (Å²) >= 11 is 4.37. The van der Waals surface area contributed by atoms with Crippen LogP contribution < -0.4 is 0 Å². The minimum absolute atomic E-state index is 1.00. The van der Waals surface area contributed by atoms with E-state index in [-0.39, 0.29) is 0 Å². The van der Waals surface area contributed by atoms with Gasteiger partial charge in [0.25, 0.3) is 0 Å². The van der Waals surface area contributed by atoms with Gasteiger partial charge in [-0.3, -0.25) is 0 Å². The van der Waals surface area contributed by atoms with Crippen molar-refractivity contribution in [1.29, 1.82) is 0 Å². The van der Waals surface area contributed by atoms with Gasteiger partial charge in [0.2, 0.25) is 0 Å². The molecule has 0 nitrogen and oxygen atoms in total. The van der Waals surface area contributed by atoms with Crippen molar-refractivity contribution in [2.24, 2.45) is 11.8 Å². The van der Waals surface area contributed by atoms with Crippen molar-refractivity contribution < 1.29 is 0 Å². The first-order chi connectivity index (χ1) is 6.45. The third kappa shape index (κ3) is 1.46. The number of allylic oxidation sites excluding steroid dienone is 1. The average molecular weight is 212 g/mol. The van der Waals surface area contributed by atoms with Gasteiger partial charge in [0, 0.05) is 5.75 Å². The monoisotopic (exact) mass is 212 g/mol. The Labute approximate surface area is 88.9 Å². The fourth-order valence-corrected chi connectivity index (χ4v) is 5.68. The second kappa shape index (κ2) is 3.54. The summed E-state index contributed by atoms with van der Waals surface area (Å²) in [5.74, 6) is 6.15. The smallest absolute Gasteiger partial charge is 0.0157 e. The maximum atomic E-state index is 2.20. The van der Waals surface area contributed by atoms with Gasteiger partial charge in [-0.2, -0.15) is 11.8 Å². The quantitative estimate of drug-likeness (QED) is 0.602. The Balaban J connectivity index is 1.88. The largest absolute Gasteiger partial charge is 0.157 e. The third-order valence-electron chi connectivity index (χ3n) is 3.56. The van der Waals surface area contributed by atoms with Crippen molar-refractivity contribution in [3.63, 3.8) is 0 Å². The van der Waals surface area contributed by atoms with Crippen molar-refractivity contribution in [2.45, 2.75) is 25.7 Å². The first-order valence-corrected chi connectivity index (χ1v) is 7.52. The van der Waals surface area contributed by atoms with Crippen LogP contribution in [0.5, 0.6) is 0 Å². The molecule has 0 saturated heterocycles. The minimum atomic E-state index is 1.00. The highest BCUT2D eigenvalue weighted by atomic mass is 32.2. The van der Waals surface area contributed by atoms with Gasteiger partial charge in [0.15, 0.2) is 0 Å².